The van der Waals surface area contributed by atoms with Gasteiger partial charge in [0.05, 0.1) is 5.56 Å². The number of carboxylic acid groups (broad SMARTS) is 1. The molecular formula is C15H23NO2. The summed E-state index contributed by atoms with van der Waals surface area (Å²) in [6.07, 6.45) is 3.65. The standard InChI is InChI=1S/C15H23NO2/c1-9-5-6-14(10(2)7-9)16-11(3)8-13(12(16)4)15(17)18/h8-10,14H,5-7H2,1-4H3,(H,17,18). The molecule has 0 amide bonds. The minimum absolute atomic E-state index is 0.457. The van der Waals surface area contributed by atoms with Gasteiger partial charge in [-0.05, 0) is 51.0 Å². The van der Waals surface area contributed by atoms with Crippen LogP contribution >= 0.6 is 0 Å². The zero-order valence-corrected chi connectivity index (χ0v) is 11.7. The second-order valence-electron chi connectivity index (χ2n) is 5.92. The van der Waals surface area contributed by atoms with Crippen molar-refractivity contribution in [3.8, 4) is 0 Å². The Kier molecular flexibility index (Phi) is 3.51. The Balaban J connectivity index is 2.36. The highest BCUT2D eigenvalue weighted by molar-refractivity contribution is 5.89. The smallest absolute Gasteiger partial charge is 0.337 e. The molecule has 3 nitrogen and oxygen atoms in total. The first-order valence-corrected chi connectivity index (χ1v) is 6.83. The summed E-state index contributed by atoms with van der Waals surface area (Å²) in [5.41, 5.74) is 2.45. The van der Waals surface area contributed by atoms with Gasteiger partial charge in [0.2, 0.25) is 0 Å². The molecule has 1 fully saturated rings. The van der Waals surface area contributed by atoms with Gasteiger partial charge in [0.1, 0.15) is 0 Å². The van der Waals surface area contributed by atoms with E-state index in [-0.39, 0.29) is 0 Å². The SMILES string of the molecule is Cc1cc(C(=O)O)c(C)n1C1CCC(C)CC1C. The first kappa shape index (κ1) is 13.2. The highest BCUT2D eigenvalue weighted by atomic mass is 16.4. The molecular weight excluding hydrogens is 226 g/mol. The van der Waals surface area contributed by atoms with Crippen LogP contribution in [0.25, 0.3) is 0 Å². The normalized spacial score (nSPS) is 28.3. The van der Waals surface area contributed by atoms with Gasteiger partial charge in [0.15, 0.2) is 0 Å². The van der Waals surface area contributed by atoms with E-state index in [0.717, 1.165) is 23.7 Å². The van der Waals surface area contributed by atoms with Crippen molar-refractivity contribution in [1.82, 2.24) is 4.57 Å². The molecule has 3 heteroatoms. The molecule has 0 bridgehead atoms. The van der Waals surface area contributed by atoms with Crippen molar-refractivity contribution >= 4 is 5.97 Å². The van der Waals surface area contributed by atoms with Gasteiger partial charge >= 0.3 is 5.97 Å². The monoisotopic (exact) mass is 249 g/mol. The van der Waals surface area contributed by atoms with Crippen LogP contribution in [-0.2, 0) is 0 Å². The average molecular weight is 249 g/mol. The number of hydrogen-bond acceptors (Lipinski definition) is 1. The van der Waals surface area contributed by atoms with Crippen LogP contribution in [0.3, 0.4) is 0 Å². The molecule has 0 spiro atoms. The Bertz CT molecular complexity index is 461. The van der Waals surface area contributed by atoms with Crippen molar-refractivity contribution in [2.75, 3.05) is 0 Å². The zero-order chi connectivity index (χ0) is 13.4. The maximum atomic E-state index is 11.2. The molecule has 2 rings (SSSR count). The van der Waals surface area contributed by atoms with Crippen molar-refractivity contribution in [3.05, 3.63) is 23.0 Å². The predicted molar refractivity (Wildman–Crippen MR) is 72.1 cm³/mol. The molecule has 1 aliphatic carbocycles. The van der Waals surface area contributed by atoms with E-state index in [4.69, 9.17) is 0 Å². The summed E-state index contributed by atoms with van der Waals surface area (Å²) in [5, 5.41) is 9.20. The number of aromatic nitrogens is 1. The lowest BCUT2D eigenvalue weighted by Gasteiger charge is -2.35. The lowest BCUT2D eigenvalue weighted by Crippen LogP contribution is -2.26. The van der Waals surface area contributed by atoms with Crippen LogP contribution in [-0.4, -0.2) is 15.6 Å². The average Bonchev–Trinajstić information content (AvgIpc) is 2.56. The molecule has 1 heterocycles. The molecule has 18 heavy (non-hydrogen) atoms. The van der Waals surface area contributed by atoms with Gasteiger partial charge in [-0.1, -0.05) is 13.8 Å². The van der Waals surface area contributed by atoms with E-state index in [1.54, 1.807) is 0 Å². The number of aromatic carboxylic acids is 1. The van der Waals surface area contributed by atoms with Crippen LogP contribution in [0, 0.1) is 25.7 Å². The zero-order valence-electron chi connectivity index (χ0n) is 11.7. The van der Waals surface area contributed by atoms with Crippen LogP contribution in [0.4, 0.5) is 0 Å². The van der Waals surface area contributed by atoms with Crippen molar-refractivity contribution in [1.29, 1.82) is 0 Å². The van der Waals surface area contributed by atoms with Crippen LogP contribution in [0.15, 0.2) is 6.07 Å². The fraction of sp³-hybridized carbons (Fsp3) is 0.667. The van der Waals surface area contributed by atoms with Crippen molar-refractivity contribution in [3.63, 3.8) is 0 Å². The second-order valence-corrected chi connectivity index (χ2v) is 5.92. The minimum atomic E-state index is -0.814. The van der Waals surface area contributed by atoms with E-state index in [1.165, 1.54) is 12.8 Å². The maximum Gasteiger partial charge on any atom is 0.337 e. The molecule has 1 aromatic rings. The van der Waals surface area contributed by atoms with Crippen molar-refractivity contribution in [2.45, 2.75) is 53.0 Å². The summed E-state index contributed by atoms with van der Waals surface area (Å²) in [4.78, 5) is 11.2. The number of nitrogens with zero attached hydrogens (tertiary/aromatic N) is 1. The first-order chi connectivity index (χ1) is 8.41. The Morgan fingerprint density at radius 2 is 2.00 bits per heavy atom. The van der Waals surface area contributed by atoms with Gasteiger partial charge in [-0.15, -0.1) is 0 Å². The van der Waals surface area contributed by atoms with Crippen LogP contribution in [0.1, 0.15) is 60.9 Å². The number of aryl methyl sites for hydroxylation is 1. The van der Waals surface area contributed by atoms with E-state index < -0.39 is 5.97 Å². The van der Waals surface area contributed by atoms with Crippen LogP contribution in [0.5, 0.6) is 0 Å². The van der Waals surface area contributed by atoms with Crippen molar-refractivity contribution < 1.29 is 9.90 Å². The Morgan fingerprint density at radius 1 is 1.33 bits per heavy atom. The highest BCUT2D eigenvalue weighted by Gasteiger charge is 2.29. The number of carboxylic acids is 1. The van der Waals surface area contributed by atoms with E-state index in [1.807, 2.05) is 19.9 Å². The summed E-state index contributed by atoms with van der Waals surface area (Å²) in [6, 6.07) is 2.27. The van der Waals surface area contributed by atoms with Gasteiger partial charge in [0.25, 0.3) is 0 Å². The van der Waals surface area contributed by atoms with E-state index >= 15 is 0 Å². The Morgan fingerprint density at radius 3 is 2.50 bits per heavy atom. The molecule has 1 saturated carbocycles. The lowest BCUT2D eigenvalue weighted by molar-refractivity contribution is 0.0695. The highest BCUT2D eigenvalue weighted by Crippen LogP contribution is 2.38. The molecule has 1 N–H and O–H groups in total. The van der Waals surface area contributed by atoms with Gasteiger partial charge < -0.3 is 9.67 Å². The fourth-order valence-electron chi connectivity index (χ4n) is 3.54. The predicted octanol–water partition coefficient (Wildman–Crippen LogP) is 3.80. The third kappa shape index (κ3) is 2.18. The van der Waals surface area contributed by atoms with Gasteiger partial charge in [-0.2, -0.15) is 0 Å². The number of rotatable bonds is 2. The topological polar surface area (TPSA) is 42.2 Å². The Labute approximate surface area is 109 Å². The second kappa shape index (κ2) is 4.79. The third-order valence-electron chi connectivity index (χ3n) is 4.43. The fourth-order valence-corrected chi connectivity index (χ4v) is 3.54. The number of hydrogen-bond donors (Lipinski definition) is 1. The molecule has 0 radical (unpaired) electrons. The summed E-state index contributed by atoms with van der Waals surface area (Å²) in [6.45, 7) is 8.55. The minimum Gasteiger partial charge on any atom is -0.478 e. The van der Waals surface area contributed by atoms with Crippen LogP contribution < -0.4 is 0 Å². The first-order valence-electron chi connectivity index (χ1n) is 6.83. The molecule has 1 aromatic heterocycles. The van der Waals surface area contributed by atoms with Gasteiger partial charge in [-0.3, -0.25) is 0 Å². The maximum absolute atomic E-state index is 11.2. The summed E-state index contributed by atoms with van der Waals surface area (Å²) >= 11 is 0. The van der Waals surface area contributed by atoms with Gasteiger partial charge in [-0.25, -0.2) is 4.79 Å². The molecule has 0 aliphatic heterocycles. The molecule has 1 aliphatic rings. The molecule has 3 unspecified atom stereocenters. The van der Waals surface area contributed by atoms with E-state index in [9.17, 15) is 9.90 Å². The van der Waals surface area contributed by atoms with E-state index in [0.29, 0.717) is 17.5 Å². The summed E-state index contributed by atoms with van der Waals surface area (Å²) in [5.74, 6) is 0.609. The Hall–Kier alpha value is -1.25. The quantitative estimate of drug-likeness (QED) is 0.866. The largest absolute Gasteiger partial charge is 0.478 e. The molecule has 100 valence electrons. The summed E-state index contributed by atoms with van der Waals surface area (Å²) in [7, 11) is 0. The molecule has 0 saturated heterocycles. The number of carbonyl (C=O) groups is 1. The van der Waals surface area contributed by atoms with Gasteiger partial charge in [0, 0.05) is 17.4 Å². The van der Waals surface area contributed by atoms with Crippen molar-refractivity contribution in [2.24, 2.45) is 11.8 Å². The summed E-state index contributed by atoms with van der Waals surface area (Å²) < 4.78 is 2.25. The third-order valence-corrected chi connectivity index (χ3v) is 4.43. The molecule has 3 atom stereocenters. The van der Waals surface area contributed by atoms with E-state index in [2.05, 4.69) is 18.4 Å². The van der Waals surface area contributed by atoms with Crippen LogP contribution in [0.2, 0.25) is 0 Å². The molecule has 0 aromatic carbocycles. The lowest BCUT2D eigenvalue weighted by atomic mass is 9.79.